The van der Waals surface area contributed by atoms with Crippen LogP contribution in [0.4, 0.5) is 0 Å². The lowest BCUT2D eigenvalue weighted by atomic mass is 10.1. The van der Waals surface area contributed by atoms with Crippen LogP contribution in [0.5, 0.6) is 0 Å². The molecule has 0 saturated heterocycles. The second-order valence-corrected chi connectivity index (χ2v) is 6.35. The molecule has 6 heteroatoms. The molecule has 1 rings (SSSR count). The second kappa shape index (κ2) is 6.49. The highest BCUT2D eigenvalue weighted by Crippen LogP contribution is 2.16. The molecule has 0 heterocycles. The lowest BCUT2D eigenvalue weighted by molar-refractivity contribution is 0.477. The normalized spacial score (nSPS) is 13.6. The van der Waals surface area contributed by atoms with Crippen molar-refractivity contribution in [2.24, 2.45) is 0 Å². The minimum absolute atomic E-state index is 0.157. The SMILES string of the molecule is C[C@@H](NCCCS(=O)(=O)O)c1ccc(Br)cc1. The van der Waals surface area contributed by atoms with Crippen LogP contribution in [0.2, 0.25) is 0 Å². The van der Waals surface area contributed by atoms with Crippen LogP contribution < -0.4 is 5.32 Å². The molecule has 0 unspecified atom stereocenters. The van der Waals surface area contributed by atoms with Crippen LogP contribution in [0.3, 0.4) is 0 Å². The maximum absolute atomic E-state index is 10.5. The van der Waals surface area contributed by atoms with Gasteiger partial charge in [0.1, 0.15) is 0 Å². The first kappa shape index (κ1) is 14.6. The van der Waals surface area contributed by atoms with Crippen LogP contribution >= 0.6 is 15.9 Å². The van der Waals surface area contributed by atoms with Crippen LogP contribution in [0.15, 0.2) is 28.7 Å². The van der Waals surface area contributed by atoms with Crippen LogP contribution in [0, 0.1) is 0 Å². The topological polar surface area (TPSA) is 66.4 Å². The fourth-order valence-corrected chi connectivity index (χ4v) is 2.22. The Labute approximate surface area is 110 Å². The predicted molar refractivity (Wildman–Crippen MR) is 71.6 cm³/mol. The van der Waals surface area contributed by atoms with Crippen molar-refractivity contribution >= 4 is 26.0 Å². The van der Waals surface area contributed by atoms with Crippen molar-refractivity contribution in [3.63, 3.8) is 0 Å². The molecular formula is C11H16BrNO3S. The third-order valence-corrected chi connectivity index (χ3v) is 3.73. The fourth-order valence-electron chi connectivity index (χ4n) is 1.44. The van der Waals surface area contributed by atoms with Gasteiger partial charge in [0.25, 0.3) is 10.1 Å². The maximum Gasteiger partial charge on any atom is 0.264 e. The third-order valence-electron chi connectivity index (χ3n) is 2.40. The van der Waals surface area contributed by atoms with E-state index in [0.29, 0.717) is 13.0 Å². The zero-order valence-corrected chi connectivity index (χ0v) is 12.0. The number of halogens is 1. The lowest BCUT2D eigenvalue weighted by Crippen LogP contribution is -2.21. The summed E-state index contributed by atoms with van der Waals surface area (Å²) >= 11 is 3.37. The molecule has 1 aromatic rings. The van der Waals surface area contributed by atoms with E-state index in [1.54, 1.807) is 0 Å². The summed E-state index contributed by atoms with van der Waals surface area (Å²) in [4.78, 5) is 0. The minimum Gasteiger partial charge on any atom is -0.310 e. The quantitative estimate of drug-likeness (QED) is 0.623. The molecule has 4 nitrogen and oxygen atoms in total. The Kier molecular flexibility index (Phi) is 5.58. The highest BCUT2D eigenvalue weighted by molar-refractivity contribution is 9.10. The Morgan fingerprint density at radius 3 is 2.47 bits per heavy atom. The van der Waals surface area contributed by atoms with Crippen molar-refractivity contribution in [1.82, 2.24) is 5.32 Å². The van der Waals surface area contributed by atoms with Gasteiger partial charge in [-0.05, 0) is 37.6 Å². The van der Waals surface area contributed by atoms with Gasteiger partial charge in [-0.15, -0.1) is 0 Å². The van der Waals surface area contributed by atoms with E-state index in [2.05, 4.69) is 21.2 Å². The van der Waals surface area contributed by atoms with Gasteiger partial charge in [-0.1, -0.05) is 28.1 Å². The molecule has 0 aliphatic rings. The van der Waals surface area contributed by atoms with E-state index < -0.39 is 10.1 Å². The summed E-state index contributed by atoms with van der Waals surface area (Å²) < 4.78 is 30.6. The van der Waals surface area contributed by atoms with Gasteiger partial charge in [0.15, 0.2) is 0 Å². The zero-order valence-electron chi connectivity index (χ0n) is 9.56. The Hall–Kier alpha value is -0.430. The molecule has 1 atom stereocenters. The van der Waals surface area contributed by atoms with Crippen LogP contribution in [0.1, 0.15) is 24.9 Å². The van der Waals surface area contributed by atoms with Gasteiger partial charge in [-0.2, -0.15) is 8.42 Å². The average molecular weight is 322 g/mol. The molecule has 0 amide bonds. The smallest absolute Gasteiger partial charge is 0.264 e. The first-order chi connectivity index (χ1) is 7.88. The van der Waals surface area contributed by atoms with E-state index in [-0.39, 0.29) is 11.8 Å². The first-order valence-electron chi connectivity index (χ1n) is 5.32. The maximum atomic E-state index is 10.5. The average Bonchev–Trinajstić information content (AvgIpc) is 2.24. The molecule has 17 heavy (non-hydrogen) atoms. The number of nitrogens with one attached hydrogen (secondary N) is 1. The van der Waals surface area contributed by atoms with Gasteiger partial charge < -0.3 is 5.32 Å². The predicted octanol–water partition coefficient (Wildman–Crippen LogP) is 2.38. The summed E-state index contributed by atoms with van der Waals surface area (Å²) in [6.07, 6.45) is 0.402. The molecule has 96 valence electrons. The Bertz CT molecular complexity index is 444. The molecular weight excluding hydrogens is 306 g/mol. The van der Waals surface area contributed by atoms with Gasteiger partial charge in [0.05, 0.1) is 5.75 Å². The molecule has 2 N–H and O–H groups in total. The lowest BCUT2D eigenvalue weighted by Gasteiger charge is -2.13. The highest BCUT2D eigenvalue weighted by Gasteiger charge is 2.06. The van der Waals surface area contributed by atoms with Gasteiger partial charge in [0.2, 0.25) is 0 Å². The largest absolute Gasteiger partial charge is 0.310 e. The van der Waals surface area contributed by atoms with Crippen molar-refractivity contribution in [1.29, 1.82) is 0 Å². The fraction of sp³-hybridized carbons (Fsp3) is 0.455. The van der Waals surface area contributed by atoms with Crippen molar-refractivity contribution < 1.29 is 13.0 Å². The summed E-state index contributed by atoms with van der Waals surface area (Å²) in [5.74, 6) is -0.201. The van der Waals surface area contributed by atoms with E-state index in [1.165, 1.54) is 0 Å². The van der Waals surface area contributed by atoms with E-state index >= 15 is 0 Å². The molecule has 0 aliphatic carbocycles. The van der Waals surface area contributed by atoms with Crippen molar-refractivity contribution in [3.8, 4) is 0 Å². The first-order valence-corrected chi connectivity index (χ1v) is 7.73. The molecule has 0 fully saturated rings. The van der Waals surface area contributed by atoms with Gasteiger partial charge in [-0.25, -0.2) is 0 Å². The van der Waals surface area contributed by atoms with E-state index in [1.807, 2.05) is 31.2 Å². The minimum atomic E-state index is -3.84. The second-order valence-electron chi connectivity index (χ2n) is 3.87. The number of benzene rings is 1. The summed E-state index contributed by atoms with van der Waals surface area (Å²) in [5, 5.41) is 3.20. The van der Waals surface area contributed by atoms with Gasteiger partial charge >= 0.3 is 0 Å². The monoisotopic (exact) mass is 321 g/mol. The molecule has 0 aliphatic heterocycles. The van der Waals surface area contributed by atoms with Crippen molar-refractivity contribution in [2.75, 3.05) is 12.3 Å². The molecule has 0 aromatic heterocycles. The van der Waals surface area contributed by atoms with E-state index in [4.69, 9.17) is 4.55 Å². The molecule has 0 bridgehead atoms. The van der Waals surface area contributed by atoms with Crippen LogP contribution in [-0.2, 0) is 10.1 Å². The van der Waals surface area contributed by atoms with Crippen molar-refractivity contribution in [2.45, 2.75) is 19.4 Å². The third kappa shape index (κ3) is 6.16. The van der Waals surface area contributed by atoms with E-state index in [0.717, 1.165) is 10.0 Å². The van der Waals surface area contributed by atoms with Crippen LogP contribution in [0.25, 0.3) is 0 Å². The zero-order chi connectivity index (χ0) is 12.9. The summed E-state index contributed by atoms with van der Waals surface area (Å²) in [7, 11) is -3.84. The molecule has 0 spiro atoms. The molecule has 0 saturated carbocycles. The highest BCUT2D eigenvalue weighted by atomic mass is 79.9. The number of hydrogen-bond acceptors (Lipinski definition) is 3. The van der Waals surface area contributed by atoms with Gasteiger partial charge in [-0.3, -0.25) is 4.55 Å². The Morgan fingerprint density at radius 2 is 1.94 bits per heavy atom. The summed E-state index contributed by atoms with van der Waals surface area (Å²) in [6, 6.07) is 8.09. The molecule has 1 aromatic carbocycles. The number of hydrogen-bond donors (Lipinski definition) is 2. The molecule has 0 radical (unpaired) electrons. The van der Waals surface area contributed by atoms with E-state index in [9.17, 15) is 8.42 Å². The number of rotatable bonds is 6. The summed E-state index contributed by atoms with van der Waals surface area (Å²) in [6.45, 7) is 2.56. The summed E-state index contributed by atoms with van der Waals surface area (Å²) in [5.41, 5.74) is 1.14. The standard InChI is InChI=1S/C11H16BrNO3S/c1-9(10-3-5-11(12)6-4-10)13-7-2-8-17(14,15)16/h3-6,9,13H,2,7-8H2,1H3,(H,14,15,16)/t9-/m1/s1. The van der Waals surface area contributed by atoms with Crippen LogP contribution in [-0.4, -0.2) is 25.3 Å². The van der Waals surface area contributed by atoms with Crippen molar-refractivity contribution in [3.05, 3.63) is 34.3 Å². The Balaban J connectivity index is 2.35. The van der Waals surface area contributed by atoms with Gasteiger partial charge in [0, 0.05) is 10.5 Å². The Morgan fingerprint density at radius 1 is 1.35 bits per heavy atom.